The molecule has 0 spiro atoms. The lowest BCUT2D eigenvalue weighted by atomic mass is 10.1. The molecule has 0 bridgehead atoms. The quantitative estimate of drug-likeness (QED) is 0.641. The number of aromatic nitrogens is 2. The number of carboxylic acid groups (broad SMARTS) is 1. The van der Waals surface area contributed by atoms with Gasteiger partial charge in [-0.15, -0.1) is 0 Å². The fourth-order valence-electron chi connectivity index (χ4n) is 3.80. The molecule has 1 aromatic heterocycles. The number of nitrogens with zero attached hydrogens (tertiary/aromatic N) is 3. The van der Waals surface area contributed by atoms with Crippen molar-refractivity contribution in [2.75, 3.05) is 25.0 Å². The second-order valence-corrected chi connectivity index (χ2v) is 8.01. The van der Waals surface area contributed by atoms with Gasteiger partial charge in [-0.2, -0.15) is 13.2 Å². The number of hydrogen-bond acceptors (Lipinski definition) is 5. The summed E-state index contributed by atoms with van der Waals surface area (Å²) < 4.78 is 45.8. The van der Waals surface area contributed by atoms with Gasteiger partial charge in [0.15, 0.2) is 0 Å². The maximum absolute atomic E-state index is 13.2. The third-order valence-corrected chi connectivity index (χ3v) is 5.80. The normalized spacial score (nSPS) is 18.6. The lowest BCUT2D eigenvalue weighted by Crippen LogP contribution is -2.38. The summed E-state index contributed by atoms with van der Waals surface area (Å²) in [6.07, 6.45) is -5.74. The highest BCUT2D eigenvalue weighted by molar-refractivity contribution is 6.33. The number of benzene rings is 1. The van der Waals surface area contributed by atoms with E-state index in [-0.39, 0.29) is 35.2 Å². The SMILES string of the molecule is CCO[C@H]1CN(C(=O)O)C[C@H]1Nc1c(CC)nc(-c2ccc(C(F)(F)F)cc2Cl)n(C)c1=O. The maximum Gasteiger partial charge on any atom is 0.416 e. The van der Waals surface area contributed by atoms with Crippen molar-refractivity contribution in [2.45, 2.75) is 38.6 Å². The van der Waals surface area contributed by atoms with Crippen LogP contribution >= 0.6 is 11.6 Å². The van der Waals surface area contributed by atoms with E-state index in [1.807, 2.05) is 0 Å². The molecular weight excluding hydrogens is 465 g/mol. The molecule has 12 heteroatoms. The van der Waals surface area contributed by atoms with Crippen LogP contribution in [0.1, 0.15) is 25.1 Å². The van der Waals surface area contributed by atoms with Crippen LogP contribution in [0.25, 0.3) is 11.4 Å². The Bertz CT molecular complexity index is 1110. The Morgan fingerprint density at radius 1 is 1.33 bits per heavy atom. The monoisotopic (exact) mass is 488 g/mol. The molecule has 3 rings (SSSR count). The van der Waals surface area contributed by atoms with Gasteiger partial charge in [-0.3, -0.25) is 9.36 Å². The van der Waals surface area contributed by atoms with Crippen molar-refractivity contribution in [3.63, 3.8) is 0 Å². The van der Waals surface area contributed by atoms with E-state index in [1.54, 1.807) is 13.8 Å². The highest BCUT2D eigenvalue weighted by Crippen LogP contribution is 2.35. The zero-order chi connectivity index (χ0) is 24.5. The first-order valence-corrected chi connectivity index (χ1v) is 10.7. The molecule has 2 N–H and O–H groups in total. The van der Waals surface area contributed by atoms with E-state index in [0.29, 0.717) is 18.7 Å². The number of likely N-dealkylation sites (tertiary alicyclic amines) is 1. The van der Waals surface area contributed by atoms with E-state index < -0.39 is 35.5 Å². The molecule has 0 unspecified atom stereocenters. The number of nitrogens with one attached hydrogen (secondary N) is 1. The minimum absolute atomic E-state index is 0.124. The molecule has 0 saturated carbocycles. The fraction of sp³-hybridized carbons (Fsp3) is 0.476. The Morgan fingerprint density at radius 2 is 2.03 bits per heavy atom. The van der Waals surface area contributed by atoms with E-state index in [4.69, 9.17) is 16.3 Å². The minimum Gasteiger partial charge on any atom is -0.465 e. The van der Waals surface area contributed by atoms with Gasteiger partial charge in [0, 0.05) is 25.8 Å². The highest BCUT2D eigenvalue weighted by Gasteiger charge is 2.37. The molecule has 2 heterocycles. The molecule has 1 saturated heterocycles. The van der Waals surface area contributed by atoms with Crippen LogP contribution in [0.15, 0.2) is 23.0 Å². The van der Waals surface area contributed by atoms with Crippen molar-refractivity contribution >= 4 is 23.4 Å². The van der Waals surface area contributed by atoms with E-state index in [0.717, 1.165) is 12.1 Å². The lowest BCUT2D eigenvalue weighted by Gasteiger charge is -2.22. The lowest BCUT2D eigenvalue weighted by molar-refractivity contribution is -0.137. The van der Waals surface area contributed by atoms with Gasteiger partial charge in [0.25, 0.3) is 5.56 Å². The standard InChI is InChI=1S/C21H24ClF3N4O4/c1-4-14-17(26-15-9-29(20(31)32)10-16(15)33-5-2)19(30)28(3)18(27-14)12-7-6-11(8-13(12)22)21(23,24)25/h6-8,15-16,26H,4-5,9-10H2,1-3H3,(H,31,32)/t15-,16+/m1/s1. The largest absolute Gasteiger partial charge is 0.465 e. The molecule has 0 aliphatic carbocycles. The molecule has 8 nitrogen and oxygen atoms in total. The van der Waals surface area contributed by atoms with Crippen molar-refractivity contribution in [1.82, 2.24) is 14.5 Å². The highest BCUT2D eigenvalue weighted by atomic mass is 35.5. The average Bonchev–Trinajstić information content (AvgIpc) is 3.14. The molecule has 1 fully saturated rings. The molecule has 2 aromatic rings. The number of halogens is 4. The first kappa shape index (κ1) is 24.8. The smallest absolute Gasteiger partial charge is 0.416 e. The predicted octanol–water partition coefficient (Wildman–Crippen LogP) is 3.86. The van der Waals surface area contributed by atoms with Crippen LogP contribution in [0.4, 0.5) is 23.7 Å². The van der Waals surface area contributed by atoms with Crippen molar-refractivity contribution in [3.05, 3.63) is 44.8 Å². The van der Waals surface area contributed by atoms with Gasteiger partial charge in [0.05, 0.1) is 35.0 Å². The zero-order valence-electron chi connectivity index (χ0n) is 18.2. The van der Waals surface area contributed by atoms with Crippen LogP contribution in [0.3, 0.4) is 0 Å². The van der Waals surface area contributed by atoms with Crippen LogP contribution in [-0.4, -0.2) is 57.5 Å². The Kier molecular flexibility index (Phi) is 7.23. The number of amides is 1. The molecule has 33 heavy (non-hydrogen) atoms. The molecule has 1 aliphatic rings. The van der Waals surface area contributed by atoms with Gasteiger partial charge in [0.2, 0.25) is 0 Å². The van der Waals surface area contributed by atoms with Gasteiger partial charge in [-0.05, 0) is 31.5 Å². The molecule has 1 aromatic carbocycles. The summed E-state index contributed by atoms with van der Waals surface area (Å²) in [5.41, 5.74) is -0.601. The molecule has 2 atom stereocenters. The third kappa shape index (κ3) is 5.09. The van der Waals surface area contributed by atoms with Crippen molar-refractivity contribution in [2.24, 2.45) is 7.05 Å². The summed E-state index contributed by atoms with van der Waals surface area (Å²) in [7, 11) is 1.45. The predicted molar refractivity (Wildman–Crippen MR) is 117 cm³/mol. The van der Waals surface area contributed by atoms with Gasteiger partial charge < -0.3 is 20.1 Å². The number of rotatable bonds is 6. The molecule has 1 aliphatic heterocycles. The van der Waals surface area contributed by atoms with E-state index in [9.17, 15) is 27.9 Å². The number of hydrogen-bond donors (Lipinski definition) is 2. The molecule has 1 amide bonds. The van der Waals surface area contributed by atoms with Crippen molar-refractivity contribution in [1.29, 1.82) is 0 Å². The summed E-state index contributed by atoms with van der Waals surface area (Å²) in [5.74, 6) is 0.126. The molecule has 180 valence electrons. The fourth-order valence-corrected chi connectivity index (χ4v) is 4.06. The topological polar surface area (TPSA) is 96.7 Å². The summed E-state index contributed by atoms with van der Waals surface area (Å²) in [4.78, 5) is 30.3. The Hall–Kier alpha value is -2.79. The molecule has 0 radical (unpaired) electrons. The number of ether oxygens (including phenoxy) is 1. The number of alkyl halides is 3. The summed E-state index contributed by atoms with van der Waals surface area (Å²) in [6.45, 7) is 4.23. The van der Waals surface area contributed by atoms with Crippen LogP contribution in [0.5, 0.6) is 0 Å². The van der Waals surface area contributed by atoms with Crippen LogP contribution in [0.2, 0.25) is 5.02 Å². The average molecular weight is 489 g/mol. The van der Waals surface area contributed by atoms with E-state index >= 15 is 0 Å². The third-order valence-electron chi connectivity index (χ3n) is 5.49. The summed E-state index contributed by atoms with van der Waals surface area (Å²) >= 11 is 6.12. The second-order valence-electron chi connectivity index (χ2n) is 7.60. The van der Waals surface area contributed by atoms with E-state index in [1.165, 1.54) is 22.6 Å². The van der Waals surface area contributed by atoms with Gasteiger partial charge in [0.1, 0.15) is 11.5 Å². The Morgan fingerprint density at radius 3 is 2.58 bits per heavy atom. The second kappa shape index (κ2) is 9.60. The van der Waals surface area contributed by atoms with Crippen LogP contribution in [0, 0.1) is 0 Å². The first-order valence-electron chi connectivity index (χ1n) is 10.3. The van der Waals surface area contributed by atoms with Crippen LogP contribution in [-0.2, 0) is 24.4 Å². The van der Waals surface area contributed by atoms with Gasteiger partial charge in [-0.25, -0.2) is 9.78 Å². The Balaban J connectivity index is 2.01. The van der Waals surface area contributed by atoms with Crippen molar-refractivity contribution in [3.8, 4) is 11.4 Å². The zero-order valence-corrected chi connectivity index (χ0v) is 19.0. The van der Waals surface area contributed by atoms with E-state index in [2.05, 4.69) is 10.3 Å². The first-order chi connectivity index (χ1) is 15.5. The van der Waals surface area contributed by atoms with Gasteiger partial charge in [-0.1, -0.05) is 18.5 Å². The number of carbonyl (C=O) groups is 1. The minimum atomic E-state index is -4.55. The van der Waals surface area contributed by atoms with Gasteiger partial charge >= 0.3 is 12.3 Å². The molecular formula is C21H24ClF3N4O4. The summed E-state index contributed by atoms with van der Waals surface area (Å²) in [6, 6.07) is 2.40. The number of aryl methyl sites for hydroxylation is 1. The van der Waals surface area contributed by atoms with Crippen molar-refractivity contribution < 1.29 is 27.8 Å². The number of anilines is 1. The maximum atomic E-state index is 13.2. The Labute approximate surface area is 192 Å². The van der Waals surface area contributed by atoms with Crippen LogP contribution < -0.4 is 10.9 Å². The summed E-state index contributed by atoms with van der Waals surface area (Å²) in [5, 5.41) is 12.2.